The van der Waals surface area contributed by atoms with E-state index in [0.717, 1.165) is 18.8 Å². The zero-order chi connectivity index (χ0) is 13.1. The number of hydrogen-bond acceptors (Lipinski definition) is 5. The molecule has 19 heavy (non-hydrogen) atoms. The van der Waals surface area contributed by atoms with Gasteiger partial charge < -0.3 is 9.84 Å². The lowest BCUT2D eigenvalue weighted by Gasteiger charge is -2.11. The molecule has 1 N–H and O–H groups in total. The molecule has 2 heterocycles. The monoisotopic (exact) mass is 261 g/mol. The van der Waals surface area contributed by atoms with Crippen LogP contribution in [-0.2, 0) is 13.1 Å². The molecule has 1 fully saturated rings. The van der Waals surface area contributed by atoms with E-state index in [1.165, 1.54) is 12.8 Å². The van der Waals surface area contributed by atoms with Gasteiger partial charge in [-0.1, -0.05) is 5.16 Å². The molecule has 6 nitrogen and oxygen atoms in total. The molecular formula is C13H19N5O. The summed E-state index contributed by atoms with van der Waals surface area (Å²) < 4.78 is 7.17. The van der Waals surface area contributed by atoms with Gasteiger partial charge in [-0.15, -0.1) is 0 Å². The maximum absolute atomic E-state index is 5.23. The minimum atomic E-state index is 0.389. The van der Waals surface area contributed by atoms with Crippen molar-refractivity contribution in [2.45, 2.75) is 51.2 Å². The summed E-state index contributed by atoms with van der Waals surface area (Å²) in [5.74, 6) is 2.11. The molecular weight excluding hydrogens is 242 g/mol. The van der Waals surface area contributed by atoms with E-state index in [1.54, 1.807) is 6.20 Å². The van der Waals surface area contributed by atoms with Crippen molar-refractivity contribution in [2.75, 3.05) is 0 Å². The van der Waals surface area contributed by atoms with E-state index in [0.29, 0.717) is 24.4 Å². The van der Waals surface area contributed by atoms with Gasteiger partial charge >= 0.3 is 0 Å². The van der Waals surface area contributed by atoms with Crippen LogP contribution in [0.1, 0.15) is 43.8 Å². The summed E-state index contributed by atoms with van der Waals surface area (Å²) in [6.07, 6.45) is 7.20. The highest BCUT2D eigenvalue weighted by Crippen LogP contribution is 2.37. The standard InChI is InChI=1S/C13H19N5O/c1-10(5-8-18-7-2-6-15-18)14-9-12-16-13(17-19-12)11-3-4-11/h2,6-7,10-11,14H,3-5,8-9H2,1H3/t10-/m1/s1. The Morgan fingerprint density at radius 2 is 2.42 bits per heavy atom. The first kappa shape index (κ1) is 12.3. The maximum atomic E-state index is 5.23. The van der Waals surface area contributed by atoms with E-state index in [9.17, 15) is 0 Å². The van der Waals surface area contributed by atoms with Crippen molar-refractivity contribution in [3.8, 4) is 0 Å². The Morgan fingerprint density at radius 3 is 3.16 bits per heavy atom. The maximum Gasteiger partial charge on any atom is 0.240 e. The van der Waals surface area contributed by atoms with E-state index in [1.807, 2.05) is 16.9 Å². The van der Waals surface area contributed by atoms with Crippen LogP contribution in [0.2, 0.25) is 0 Å². The van der Waals surface area contributed by atoms with Gasteiger partial charge in [-0.2, -0.15) is 10.1 Å². The second-order valence-corrected chi connectivity index (χ2v) is 5.16. The largest absolute Gasteiger partial charge is 0.338 e. The van der Waals surface area contributed by atoms with E-state index in [2.05, 4.69) is 27.5 Å². The number of nitrogens with zero attached hydrogens (tertiary/aromatic N) is 4. The second kappa shape index (κ2) is 5.52. The molecule has 2 aromatic heterocycles. The van der Waals surface area contributed by atoms with E-state index < -0.39 is 0 Å². The molecule has 0 amide bonds. The summed E-state index contributed by atoms with van der Waals surface area (Å²) in [5, 5.41) is 11.6. The van der Waals surface area contributed by atoms with Crippen LogP contribution in [0.4, 0.5) is 0 Å². The predicted octanol–water partition coefficient (Wildman–Crippen LogP) is 1.71. The summed E-state index contributed by atoms with van der Waals surface area (Å²) in [7, 11) is 0. The highest BCUT2D eigenvalue weighted by molar-refractivity contribution is 5.03. The summed E-state index contributed by atoms with van der Waals surface area (Å²) >= 11 is 0. The minimum Gasteiger partial charge on any atom is -0.338 e. The van der Waals surface area contributed by atoms with Crippen molar-refractivity contribution >= 4 is 0 Å². The summed E-state index contributed by atoms with van der Waals surface area (Å²) in [6.45, 7) is 3.71. The normalized spacial score (nSPS) is 16.7. The molecule has 3 rings (SSSR count). The molecule has 0 unspecified atom stereocenters. The fourth-order valence-corrected chi connectivity index (χ4v) is 1.97. The third-order valence-corrected chi connectivity index (χ3v) is 3.38. The van der Waals surface area contributed by atoms with Crippen LogP contribution >= 0.6 is 0 Å². The average Bonchev–Trinajstić information content (AvgIpc) is 2.95. The lowest BCUT2D eigenvalue weighted by molar-refractivity contribution is 0.349. The summed E-state index contributed by atoms with van der Waals surface area (Å²) in [4.78, 5) is 4.40. The zero-order valence-electron chi connectivity index (χ0n) is 11.1. The topological polar surface area (TPSA) is 68.8 Å². The first-order valence-electron chi connectivity index (χ1n) is 6.84. The van der Waals surface area contributed by atoms with Gasteiger partial charge in [-0.05, 0) is 32.3 Å². The van der Waals surface area contributed by atoms with Gasteiger partial charge in [0.1, 0.15) is 0 Å². The Hall–Kier alpha value is -1.69. The van der Waals surface area contributed by atoms with Crippen LogP contribution in [0.25, 0.3) is 0 Å². The first-order chi connectivity index (χ1) is 9.31. The molecule has 0 aliphatic heterocycles. The predicted molar refractivity (Wildman–Crippen MR) is 69.4 cm³/mol. The molecule has 0 bridgehead atoms. The Morgan fingerprint density at radius 1 is 1.53 bits per heavy atom. The number of hydrogen-bond donors (Lipinski definition) is 1. The van der Waals surface area contributed by atoms with Crippen LogP contribution in [0.3, 0.4) is 0 Å². The van der Waals surface area contributed by atoms with Crippen molar-refractivity contribution < 1.29 is 4.52 Å². The molecule has 0 aromatic carbocycles. The van der Waals surface area contributed by atoms with Gasteiger partial charge in [0.05, 0.1) is 6.54 Å². The quantitative estimate of drug-likeness (QED) is 0.821. The van der Waals surface area contributed by atoms with Gasteiger partial charge in [0.2, 0.25) is 5.89 Å². The molecule has 102 valence electrons. The Balaban J connectivity index is 1.40. The van der Waals surface area contributed by atoms with Gasteiger partial charge in [0.15, 0.2) is 5.82 Å². The highest BCUT2D eigenvalue weighted by atomic mass is 16.5. The average molecular weight is 261 g/mol. The molecule has 1 aliphatic carbocycles. The Bertz CT molecular complexity index is 503. The molecule has 0 saturated heterocycles. The van der Waals surface area contributed by atoms with Crippen molar-refractivity contribution in [1.82, 2.24) is 25.2 Å². The SMILES string of the molecule is C[C@H](CCn1cccn1)NCc1nc(C2CC2)no1. The summed E-state index contributed by atoms with van der Waals surface area (Å²) in [5.41, 5.74) is 0. The smallest absolute Gasteiger partial charge is 0.240 e. The number of rotatable bonds is 7. The number of aryl methyl sites for hydroxylation is 1. The van der Waals surface area contributed by atoms with Crippen LogP contribution in [0.5, 0.6) is 0 Å². The van der Waals surface area contributed by atoms with E-state index in [4.69, 9.17) is 4.52 Å². The van der Waals surface area contributed by atoms with Crippen molar-refractivity contribution in [2.24, 2.45) is 0 Å². The van der Waals surface area contributed by atoms with E-state index >= 15 is 0 Å². The van der Waals surface area contributed by atoms with Crippen molar-refractivity contribution in [3.63, 3.8) is 0 Å². The Labute approximate surface area is 112 Å². The van der Waals surface area contributed by atoms with Crippen LogP contribution < -0.4 is 5.32 Å². The molecule has 2 aromatic rings. The first-order valence-corrected chi connectivity index (χ1v) is 6.84. The van der Waals surface area contributed by atoms with Crippen LogP contribution in [0.15, 0.2) is 23.0 Å². The third-order valence-electron chi connectivity index (χ3n) is 3.38. The lowest BCUT2D eigenvalue weighted by Crippen LogP contribution is -2.27. The highest BCUT2D eigenvalue weighted by Gasteiger charge is 2.28. The van der Waals surface area contributed by atoms with E-state index in [-0.39, 0.29) is 0 Å². The third kappa shape index (κ3) is 3.41. The minimum absolute atomic E-state index is 0.389. The molecule has 1 aliphatic rings. The van der Waals surface area contributed by atoms with Crippen LogP contribution in [0, 0.1) is 0 Å². The zero-order valence-corrected chi connectivity index (χ0v) is 11.1. The summed E-state index contributed by atoms with van der Waals surface area (Å²) in [6, 6.07) is 2.33. The van der Waals surface area contributed by atoms with Crippen molar-refractivity contribution in [1.29, 1.82) is 0 Å². The Kier molecular flexibility index (Phi) is 3.59. The molecule has 0 radical (unpaired) electrons. The molecule has 1 saturated carbocycles. The molecule has 1 atom stereocenters. The fraction of sp³-hybridized carbons (Fsp3) is 0.615. The van der Waals surface area contributed by atoms with Crippen LogP contribution in [-0.4, -0.2) is 26.0 Å². The fourth-order valence-electron chi connectivity index (χ4n) is 1.97. The van der Waals surface area contributed by atoms with Gasteiger partial charge in [0, 0.05) is 30.9 Å². The van der Waals surface area contributed by atoms with Gasteiger partial charge in [0.25, 0.3) is 0 Å². The van der Waals surface area contributed by atoms with Gasteiger partial charge in [-0.25, -0.2) is 0 Å². The molecule has 0 spiro atoms. The number of aromatic nitrogens is 4. The molecule has 6 heteroatoms. The number of nitrogens with one attached hydrogen (secondary N) is 1. The van der Waals surface area contributed by atoms with Gasteiger partial charge in [-0.3, -0.25) is 4.68 Å². The van der Waals surface area contributed by atoms with Crippen molar-refractivity contribution in [3.05, 3.63) is 30.2 Å². The second-order valence-electron chi connectivity index (χ2n) is 5.16. The lowest BCUT2D eigenvalue weighted by atomic mass is 10.2.